The SMILES string of the molecule is O=C(COC(=O)CNC(=O)c1ccccc1)NC(=O)NCc1ccccc1. The van der Waals surface area contributed by atoms with Gasteiger partial charge in [0.15, 0.2) is 6.61 Å². The Morgan fingerprint density at radius 1 is 0.815 bits per heavy atom. The summed E-state index contributed by atoms with van der Waals surface area (Å²) in [6.07, 6.45) is 0. The van der Waals surface area contributed by atoms with Crippen LogP contribution in [0.3, 0.4) is 0 Å². The number of ether oxygens (including phenoxy) is 1. The first-order valence-electron chi connectivity index (χ1n) is 8.15. The lowest BCUT2D eigenvalue weighted by molar-refractivity contribution is -0.147. The molecule has 2 aromatic carbocycles. The van der Waals surface area contributed by atoms with E-state index in [0.717, 1.165) is 5.56 Å². The van der Waals surface area contributed by atoms with Gasteiger partial charge in [-0.25, -0.2) is 4.79 Å². The van der Waals surface area contributed by atoms with Crippen LogP contribution < -0.4 is 16.0 Å². The van der Waals surface area contributed by atoms with Crippen LogP contribution in [0.5, 0.6) is 0 Å². The van der Waals surface area contributed by atoms with Crippen LogP contribution >= 0.6 is 0 Å². The van der Waals surface area contributed by atoms with Gasteiger partial charge in [-0.3, -0.25) is 19.7 Å². The molecule has 0 aromatic heterocycles. The normalized spacial score (nSPS) is 9.78. The van der Waals surface area contributed by atoms with Crippen molar-refractivity contribution in [2.75, 3.05) is 13.2 Å². The molecule has 8 heteroatoms. The zero-order chi connectivity index (χ0) is 19.5. The second kappa shape index (κ2) is 10.3. The topological polar surface area (TPSA) is 114 Å². The van der Waals surface area contributed by atoms with E-state index in [1.807, 2.05) is 35.6 Å². The summed E-state index contributed by atoms with van der Waals surface area (Å²) in [5.74, 6) is -2.00. The third-order valence-corrected chi connectivity index (χ3v) is 3.34. The van der Waals surface area contributed by atoms with E-state index in [-0.39, 0.29) is 13.1 Å². The summed E-state index contributed by atoms with van der Waals surface area (Å²) in [4.78, 5) is 46.5. The van der Waals surface area contributed by atoms with Gasteiger partial charge in [-0.15, -0.1) is 0 Å². The first-order chi connectivity index (χ1) is 13.0. The lowest BCUT2D eigenvalue weighted by Crippen LogP contribution is -2.41. The number of urea groups is 1. The number of benzene rings is 2. The summed E-state index contributed by atoms with van der Waals surface area (Å²) >= 11 is 0. The van der Waals surface area contributed by atoms with E-state index in [9.17, 15) is 19.2 Å². The molecule has 0 saturated carbocycles. The molecule has 2 aromatic rings. The average molecular weight is 369 g/mol. The summed E-state index contributed by atoms with van der Waals surface area (Å²) < 4.78 is 4.71. The molecular formula is C19H19N3O5. The average Bonchev–Trinajstić information content (AvgIpc) is 2.70. The highest BCUT2D eigenvalue weighted by Crippen LogP contribution is 1.98. The van der Waals surface area contributed by atoms with Crippen LogP contribution in [-0.2, 0) is 20.9 Å². The molecule has 0 aliphatic carbocycles. The van der Waals surface area contributed by atoms with Crippen LogP contribution in [0.1, 0.15) is 15.9 Å². The van der Waals surface area contributed by atoms with Crippen LogP contribution in [0.4, 0.5) is 4.79 Å². The van der Waals surface area contributed by atoms with E-state index in [1.54, 1.807) is 30.3 Å². The molecule has 0 spiro atoms. The molecule has 0 radical (unpaired) electrons. The minimum atomic E-state index is -0.792. The molecular weight excluding hydrogens is 350 g/mol. The summed E-state index contributed by atoms with van der Waals surface area (Å²) in [6.45, 7) is -0.759. The van der Waals surface area contributed by atoms with E-state index in [0.29, 0.717) is 5.56 Å². The lowest BCUT2D eigenvalue weighted by Gasteiger charge is -2.08. The molecule has 0 heterocycles. The van der Waals surface area contributed by atoms with Crippen LogP contribution in [0.2, 0.25) is 0 Å². The molecule has 0 saturated heterocycles. The van der Waals surface area contributed by atoms with Crippen molar-refractivity contribution < 1.29 is 23.9 Å². The van der Waals surface area contributed by atoms with Gasteiger partial charge in [0, 0.05) is 12.1 Å². The molecule has 140 valence electrons. The number of hydrogen-bond donors (Lipinski definition) is 3. The third kappa shape index (κ3) is 7.39. The molecule has 0 aliphatic rings. The Balaban J connectivity index is 1.62. The number of amides is 4. The van der Waals surface area contributed by atoms with Gasteiger partial charge in [0.25, 0.3) is 11.8 Å². The maximum atomic E-state index is 11.8. The minimum absolute atomic E-state index is 0.255. The van der Waals surface area contributed by atoms with Crippen molar-refractivity contribution >= 4 is 23.8 Å². The van der Waals surface area contributed by atoms with Gasteiger partial charge in [-0.2, -0.15) is 0 Å². The maximum absolute atomic E-state index is 11.8. The predicted molar refractivity (Wildman–Crippen MR) is 96.6 cm³/mol. The molecule has 3 N–H and O–H groups in total. The molecule has 8 nitrogen and oxygen atoms in total. The Labute approximate surface area is 155 Å². The Morgan fingerprint density at radius 3 is 2.11 bits per heavy atom. The summed E-state index contributed by atoms with van der Waals surface area (Å²) in [6, 6.07) is 16.8. The second-order valence-corrected chi connectivity index (χ2v) is 5.43. The zero-order valence-corrected chi connectivity index (χ0v) is 14.4. The van der Waals surface area contributed by atoms with E-state index >= 15 is 0 Å². The molecule has 2 rings (SSSR count). The lowest BCUT2D eigenvalue weighted by atomic mass is 10.2. The zero-order valence-electron chi connectivity index (χ0n) is 14.4. The van der Waals surface area contributed by atoms with Crippen LogP contribution in [-0.4, -0.2) is 37.0 Å². The first kappa shape index (κ1) is 19.6. The Bertz CT molecular complexity index is 794. The van der Waals surface area contributed by atoms with Gasteiger partial charge >= 0.3 is 12.0 Å². The van der Waals surface area contributed by atoms with Gasteiger partial charge < -0.3 is 15.4 Å². The minimum Gasteiger partial charge on any atom is -0.454 e. The van der Waals surface area contributed by atoms with Gasteiger partial charge in [0.2, 0.25) is 0 Å². The summed E-state index contributed by atoms with van der Waals surface area (Å²) in [7, 11) is 0. The number of nitrogens with one attached hydrogen (secondary N) is 3. The molecule has 0 aliphatic heterocycles. The molecule has 27 heavy (non-hydrogen) atoms. The smallest absolute Gasteiger partial charge is 0.325 e. The van der Waals surface area contributed by atoms with Gasteiger partial charge in [-0.05, 0) is 17.7 Å². The molecule has 0 unspecified atom stereocenters. The molecule has 4 amide bonds. The Kier molecular flexibility index (Phi) is 7.52. The third-order valence-electron chi connectivity index (χ3n) is 3.34. The monoisotopic (exact) mass is 369 g/mol. The fourth-order valence-electron chi connectivity index (χ4n) is 2.03. The highest BCUT2D eigenvalue weighted by Gasteiger charge is 2.12. The van der Waals surface area contributed by atoms with Crippen LogP contribution in [0.15, 0.2) is 60.7 Å². The maximum Gasteiger partial charge on any atom is 0.325 e. The Hall–Kier alpha value is -3.68. The van der Waals surface area contributed by atoms with Gasteiger partial charge in [0.1, 0.15) is 6.54 Å². The fourth-order valence-corrected chi connectivity index (χ4v) is 2.03. The van der Waals surface area contributed by atoms with Gasteiger partial charge in [0.05, 0.1) is 0 Å². The second-order valence-electron chi connectivity index (χ2n) is 5.43. The van der Waals surface area contributed by atoms with Crippen molar-refractivity contribution in [3.05, 3.63) is 71.8 Å². The Morgan fingerprint density at radius 2 is 1.44 bits per heavy atom. The van der Waals surface area contributed by atoms with Crippen molar-refractivity contribution in [2.24, 2.45) is 0 Å². The number of esters is 1. The number of imide groups is 1. The van der Waals surface area contributed by atoms with E-state index in [2.05, 4.69) is 10.6 Å². The van der Waals surface area contributed by atoms with E-state index in [4.69, 9.17) is 4.74 Å². The van der Waals surface area contributed by atoms with Crippen molar-refractivity contribution in [1.29, 1.82) is 0 Å². The van der Waals surface area contributed by atoms with Crippen LogP contribution in [0, 0.1) is 0 Å². The number of rotatable bonds is 7. The summed E-state index contributed by atoms with van der Waals surface area (Å²) in [5.41, 5.74) is 1.28. The number of carbonyl (C=O) groups is 4. The fraction of sp³-hybridized carbons (Fsp3) is 0.158. The van der Waals surface area contributed by atoms with Gasteiger partial charge in [-0.1, -0.05) is 48.5 Å². The highest BCUT2D eigenvalue weighted by molar-refractivity contribution is 5.97. The largest absolute Gasteiger partial charge is 0.454 e. The summed E-state index contributed by atoms with van der Waals surface area (Å²) in [5, 5.41) is 6.93. The number of carbonyl (C=O) groups excluding carboxylic acids is 4. The van der Waals surface area contributed by atoms with Crippen molar-refractivity contribution in [3.63, 3.8) is 0 Å². The van der Waals surface area contributed by atoms with Crippen molar-refractivity contribution in [3.8, 4) is 0 Å². The molecule has 0 fully saturated rings. The van der Waals surface area contributed by atoms with Crippen molar-refractivity contribution in [1.82, 2.24) is 16.0 Å². The molecule has 0 bridgehead atoms. The predicted octanol–water partition coefficient (Wildman–Crippen LogP) is 0.986. The quantitative estimate of drug-likeness (QED) is 0.630. The first-order valence-corrected chi connectivity index (χ1v) is 8.15. The highest BCUT2D eigenvalue weighted by atomic mass is 16.5. The standard InChI is InChI=1S/C19H19N3O5/c23-16(22-19(26)21-11-14-7-3-1-4-8-14)13-27-17(24)12-20-18(25)15-9-5-2-6-10-15/h1-10H,11-13H2,(H,20,25)(H2,21,22,23,26). The van der Waals surface area contributed by atoms with Crippen LogP contribution in [0.25, 0.3) is 0 Å². The van der Waals surface area contributed by atoms with E-state index in [1.165, 1.54) is 0 Å². The van der Waals surface area contributed by atoms with E-state index < -0.39 is 30.4 Å². The molecule has 0 atom stereocenters. The number of hydrogen-bond acceptors (Lipinski definition) is 5. The van der Waals surface area contributed by atoms with Crippen molar-refractivity contribution in [2.45, 2.75) is 6.54 Å².